The molecule has 0 N–H and O–H groups in total. The molecule has 0 saturated heterocycles. The van der Waals surface area contributed by atoms with E-state index in [4.69, 9.17) is 0 Å². The highest BCUT2D eigenvalue weighted by Gasteiger charge is 2.12. The Kier molecular flexibility index (Phi) is 3.57. The molecule has 0 fully saturated rings. The quantitative estimate of drug-likeness (QED) is 0.444. The number of hydrogen-bond donors (Lipinski definition) is 0. The molecule has 0 spiro atoms. The summed E-state index contributed by atoms with van der Waals surface area (Å²) >= 11 is 0. The highest BCUT2D eigenvalue weighted by Crippen LogP contribution is 2.00. The van der Waals surface area contributed by atoms with Gasteiger partial charge in [-0.1, -0.05) is 24.1 Å². The second kappa shape index (κ2) is 4.70. The summed E-state index contributed by atoms with van der Waals surface area (Å²) in [5, 5.41) is 0. The topological polar surface area (TPSA) is 0 Å². The molecule has 70 valence electrons. The van der Waals surface area contributed by atoms with E-state index in [0.29, 0.717) is 0 Å². The van der Waals surface area contributed by atoms with Gasteiger partial charge in [0, 0.05) is 5.56 Å². The SMILES string of the molecule is CC#C[Si](C)(C)C#Cc1ccccc1. The van der Waals surface area contributed by atoms with Crippen LogP contribution in [-0.4, -0.2) is 8.07 Å². The molecule has 0 nitrogen and oxygen atoms in total. The smallest absolute Gasteiger partial charge is 0.116 e. The fourth-order valence-corrected chi connectivity index (χ4v) is 2.24. The average molecular weight is 198 g/mol. The molecule has 0 aliphatic heterocycles. The molecule has 0 aromatic heterocycles. The molecule has 1 heteroatoms. The van der Waals surface area contributed by atoms with Crippen LogP contribution in [0.1, 0.15) is 12.5 Å². The standard InChI is InChI=1S/C13H14Si/c1-4-11-14(2,3)12-10-13-8-6-5-7-9-13/h5-9H,1-3H3. The second-order valence-corrected chi connectivity index (χ2v) is 7.37. The van der Waals surface area contributed by atoms with Crippen molar-refractivity contribution in [2.24, 2.45) is 0 Å². The highest BCUT2D eigenvalue weighted by molar-refractivity contribution is 6.92. The maximum absolute atomic E-state index is 3.29. The van der Waals surface area contributed by atoms with Crippen LogP contribution in [0.4, 0.5) is 0 Å². The van der Waals surface area contributed by atoms with E-state index in [9.17, 15) is 0 Å². The van der Waals surface area contributed by atoms with Gasteiger partial charge in [-0.25, -0.2) is 0 Å². The lowest BCUT2D eigenvalue weighted by molar-refractivity contribution is 1.65. The minimum absolute atomic E-state index is 1.07. The van der Waals surface area contributed by atoms with Gasteiger partial charge in [0.25, 0.3) is 0 Å². The lowest BCUT2D eigenvalue weighted by atomic mass is 10.2. The van der Waals surface area contributed by atoms with Gasteiger partial charge < -0.3 is 0 Å². The Morgan fingerprint density at radius 3 is 2.21 bits per heavy atom. The molecule has 0 heterocycles. The van der Waals surface area contributed by atoms with Crippen molar-refractivity contribution in [3.05, 3.63) is 35.9 Å². The van der Waals surface area contributed by atoms with Crippen molar-refractivity contribution >= 4 is 8.07 Å². The van der Waals surface area contributed by atoms with Crippen molar-refractivity contribution < 1.29 is 0 Å². The van der Waals surface area contributed by atoms with Crippen molar-refractivity contribution in [1.82, 2.24) is 0 Å². The van der Waals surface area contributed by atoms with Gasteiger partial charge in [-0.2, -0.15) is 0 Å². The average Bonchev–Trinajstić information content (AvgIpc) is 2.17. The van der Waals surface area contributed by atoms with Crippen molar-refractivity contribution in [3.63, 3.8) is 0 Å². The van der Waals surface area contributed by atoms with Crippen molar-refractivity contribution in [1.29, 1.82) is 0 Å². The third-order valence-electron chi connectivity index (χ3n) is 1.73. The van der Waals surface area contributed by atoms with Crippen LogP contribution in [0.3, 0.4) is 0 Å². The van der Waals surface area contributed by atoms with Crippen LogP contribution >= 0.6 is 0 Å². The molecule has 0 bridgehead atoms. The van der Waals surface area contributed by atoms with Crippen LogP contribution in [-0.2, 0) is 0 Å². The van der Waals surface area contributed by atoms with Crippen LogP contribution in [0.25, 0.3) is 0 Å². The molecular weight excluding hydrogens is 184 g/mol. The van der Waals surface area contributed by atoms with Gasteiger partial charge in [-0.15, -0.1) is 17.0 Å². The molecule has 1 rings (SSSR count). The van der Waals surface area contributed by atoms with Crippen molar-refractivity contribution in [2.75, 3.05) is 0 Å². The second-order valence-electron chi connectivity index (χ2n) is 3.62. The zero-order chi connectivity index (χ0) is 10.4. The van der Waals surface area contributed by atoms with E-state index in [0.717, 1.165) is 5.56 Å². The predicted molar refractivity (Wildman–Crippen MR) is 64.3 cm³/mol. The summed E-state index contributed by atoms with van der Waals surface area (Å²) in [6.45, 7) is 6.21. The highest BCUT2D eigenvalue weighted by atomic mass is 28.3. The fourth-order valence-electron chi connectivity index (χ4n) is 1.09. The van der Waals surface area contributed by atoms with Gasteiger partial charge >= 0.3 is 0 Å². The first-order chi connectivity index (χ1) is 6.64. The summed E-state index contributed by atoms with van der Waals surface area (Å²) < 4.78 is 0. The molecule has 1 aromatic carbocycles. The van der Waals surface area contributed by atoms with Crippen molar-refractivity contribution in [3.8, 4) is 22.9 Å². The Morgan fingerprint density at radius 2 is 1.64 bits per heavy atom. The van der Waals surface area contributed by atoms with E-state index >= 15 is 0 Å². The molecule has 14 heavy (non-hydrogen) atoms. The van der Waals surface area contributed by atoms with E-state index in [2.05, 4.69) is 36.0 Å². The summed E-state index contributed by atoms with van der Waals surface area (Å²) in [4.78, 5) is 0. The lowest BCUT2D eigenvalue weighted by Crippen LogP contribution is -2.20. The fraction of sp³-hybridized carbons (Fsp3) is 0.231. The molecule has 0 aliphatic rings. The molecule has 0 atom stereocenters. The number of rotatable bonds is 0. The van der Waals surface area contributed by atoms with Gasteiger partial charge in [0.05, 0.1) is 0 Å². The van der Waals surface area contributed by atoms with Gasteiger partial charge in [-0.3, -0.25) is 0 Å². The number of hydrogen-bond acceptors (Lipinski definition) is 0. The normalized spacial score (nSPS) is 9.36. The Labute approximate surface area is 87.4 Å². The molecule has 0 unspecified atom stereocenters. The summed E-state index contributed by atoms with van der Waals surface area (Å²) in [5.74, 6) is 6.13. The van der Waals surface area contributed by atoms with E-state index in [-0.39, 0.29) is 0 Å². The first-order valence-corrected chi connectivity index (χ1v) is 7.66. The first-order valence-electron chi connectivity index (χ1n) is 4.66. The Balaban J connectivity index is 2.87. The maximum atomic E-state index is 3.29. The lowest BCUT2D eigenvalue weighted by Gasteiger charge is -2.02. The van der Waals surface area contributed by atoms with Gasteiger partial charge in [-0.05, 0) is 32.2 Å². The number of benzene rings is 1. The van der Waals surface area contributed by atoms with Gasteiger partial charge in [0.15, 0.2) is 0 Å². The Morgan fingerprint density at radius 1 is 1.00 bits per heavy atom. The van der Waals surface area contributed by atoms with Crippen LogP contribution in [0.2, 0.25) is 13.1 Å². The Hall–Kier alpha value is -1.44. The minimum Gasteiger partial charge on any atom is -0.116 e. The largest absolute Gasteiger partial charge is 0.211 e. The summed E-state index contributed by atoms with van der Waals surface area (Å²) in [6, 6.07) is 10.1. The molecular formula is C13H14Si. The monoisotopic (exact) mass is 198 g/mol. The Bertz CT molecular complexity index is 407. The van der Waals surface area contributed by atoms with Gasteiger partial charge in [0.1, 0.15) is 0 Å². The molecule has 0 radical (unpaired) electrons. The zero-order valence-electron chi connectivity index (χ0n) is 8.89. The molecule has 0 aliphatic carbocycles. The first kappa shape index (κ1) is 10.6. The third kappa shape index (κ3) is 3.52. The van der Waals surface area contributed by atoms with Crippen LogP contribution in [0.15, 0.2) is 30.3 Å². The minimum atomic E-state index is -1.61. The third-order valence-corrected chi connectivity index (χ3v) is 3.36. The van der Waals surface area contributed by atoms with Crippen LogP contribution in [0, 0.1) is 22.9 Å². The van der Waals surface area contributed by atoms with Gasteiger partial charge in [0.2, 0.25) is 8.07 Å². The zero-order valence-corrected chi connectivity index (χ0v) is 9.89. The van der Waals surface area contributed by atoms with Crippen molar-refractivity contribution in [2.45, 2.75) is 20.0 Å². The molecule has 1 aromatic rings. The van der Waals surface area contributed by atoms with Crippen LogP contribution < -0.4 is 0 Å². The van der Waals surface area contributed by atoms with E-state index in [1.807, 2.05) is 37.3 Å². The van der Waals surface area contributed by atoms with E-state index in [1.165, 1.54) is 0 Å². The predicted octanol–water partition coefficient (Wildman–Crippen LogP) is 2.85. The maximum Gasteiger partial charge on any atom is 0.211 e. The molecule has 0 amide bonds. The van der Waals surface area contributed by atoms with Crippen LogP contribution in [0.5, 0.6) is 0 Å². The van der Waals surface area contributed by atoms with E-state index < -0.39 is 8.07 Å². The summed E-state index contributed by atoms with van der Waals surface area (Å²) in [6.07, 6.45) is 0. The summed E-state index contributed by atoms with van der Waals surface area (Å²) in [5.41, 5.74) is 7.57. The molecule has 0 saturated carbocycles. The summed E-state index contributed by atoms with van der Waals surface area (Å²) in [7, 11) is -1.61. The van der Waals surface area contributed by atoms with E-state index in [1.54, 1.807) is 0 Å².